The van der Waals surface area contributed by atoms with Crippen LogP contribution in [0.4, 0.5) is 12.9 Å². The number of rotatable bonds is 2. The van der Waals surface area contributed by atoms with Gasteiger partial charge in [-0.2, -0.15) is 0 Å². The Bertz CT molecular complexity index is 249. The SMILES string of the molecule is OCc1sccc1[B-](F)(F)F.[K+]. The molecule has 0 saturated heterocycles. The van der Waals surface area contributed by atoms with Gasteiger partial charge in [-0.05, 0) is 5.38 Å². The van der Waals surface area contributed by atoms with E-state index in [1.807, 2.05) is 0 Å². The number of aliphatic hydroxyl groups is 1. The van der Waals surface area contributed by atoms with Crippen LogP contribution in [0.1, 0.15) is 4.88 Å². The van der Waals surface area contributed by atoms with Crippen LogP contribution in [0.25, 0.3) is 0 Å². The molecule has 7 heteroatoms. The normalized spacial score (nSPS) is 11.0. The van der Waals surface area contributed by atoms with Gasteiger partial charge in [0.1, 0.15) is 0 Å². The second kappa shape index (κ2) is 5.14. The van der Waals surface area contributed by atoms with E-state index in [0.29, 0.717) is 0 Å². The van der Waals surface area contributed by atoms with E-state index in [1.54, 1.807) is 0 Å². The third-order valence-electron chi connectivity index (χ3n) is 1.28. The minimum atomic E-state index is -4.95. The molecule has 1 aromatic heterocycles. The third kappa shape index (κ3) is 3.13. The Hall–Kier alpha value is 1.15. The molecule has 0 unspecified atom stereocenters. The van der Waals surface area contributed by atoms with Crippen molar-refractivity contribution in [2.24, 2.45) is 0 Å². The topological polar surface area (TPSA) is 20.2 Å². The van der Waals surface area contributed by atoms with E-state index in [2.05, 4.69) is 0 Å². The van der Waals surface area contributed by atoms with Crippen LogP contribution in [0, 0.1) is 0 Å². The van der Waals surface area contributed by atoms with Crippen LogP contribution in [0.5, 0.6) is 0 Å². The van der Waals surface area contributed by atoms with Gasteiger partial charge in [0.05, 0.1) is 6.61 Å². The maximum absolute atomic E-state index is 12.0. The Morgan fingerprint density at radius 2 is 2.00 bits per heavy atom. The molecule has 1 heterocycles. The van der Waals surface area contributed by atoms with Crippen LogP contribution in [0.3, 0.4) is 0 Å². The van der Waals surface area contributed by atoms with Gasteiger partial charge in [0, 0.05) is 4.88 Å². The summed E-state index contributed by atoms with van der Waals surface area (Å²) in [6, 6.07) is 0.996. The van der Waals surface area contributed by atoms with E-state index in [0.717, 1.165) is 17.4 Å². The van der Waals surface area contributed by atoms with Gasteiger partial charge in [0.15, 0.2) is 0 Å². The van der Waals surface area contributed by atoms with Crippen LogP contribution in [0.2, 0.25) is 0 Å². The number of thiophene rings is 1. The van der Waals surface area contributed by atoms with Crippen LogP contribution >= 0.6 is 11.3 Å². The first-order valence-electron chi connectivity index (χ1n) is 2.92. The van der Waals surface area contributed by atoms with Gasteiger partial charge in [-0.15, -0.1) is 11.3 Å². The molecule has 1 aromatic rings. The van der Waals surface area contributed by atoms with Crippen molar-refractivity contribution >= 4 is 23.8 Å². The van der Waals surface area contributed by atoms with Crippen molar-refractivity contribution in [2.45, 2.75) is 6.61 Å². The second-order valence-electron chi connectivity index (χ2n) is 2.03. The minimum absolute atomic E-state index is 0. The summed E-state index contributed by atoms with van der Waals surface area (Å²) >= 11 is 0.922. The molecule has 1 nitrogen and oxygen atoms in total. The van der Waals surface area contributed by atoms with Gasteiger partial charge < -0.3 is 18.1 Å². The molecule has 62 valence electrons. The molecule has 0 bridgehead atoms. The Morgan fingerprint density at radius 1 is 1.42 bits per heavy atom. The monoisotopic (exact) mass is 220 g/mol. The van der Waals surface area contributed by atoms with Crippen LogP contribution in [0.15, 0.2) is 11.4 Å². The first-order chi connectivity index (χ1) is 5.05. The Kier molecular flexibility index (Phi) is 5.63. The zero-order chi connectivity index (χ0) is 8.48. The van der Waals surface area contributed by atoms with Gasteiger partial charge >= 0.3 is 58.4 Å². The standard InChI is InChI=1S/C5H5BF3OS.K/c7-6(8,9)4-1-2-11-5(4)3-10;/h1-2,10H,3H2;/q-1;+1. The average molecular weight is 220 g/mol. The van der Waals surface area contributed by atoms with Crippen molar-refractivity contribution in [1.82, 2.24) is 0 Å². The zero-order valence-electron chi connectivity index (χ0n) is 6.43. The first-order valence-corrected chi connectivity index (χ1v) is 3.80. The maximum Gasteiger partial charge on any atom is 1.00 e. The Morgan fingerprint density at radius 3 is 2.33 bits per heavy atom. The van der Waals surface area contributed by atoms with E-state index in [4.69, 9.17) is 5.11 Å². The van der Waals surface area contributed by atoms with Crippen LogP contribution in [-0.2, 0) is 6.61 Å². The summed E-state index contributed by atoms with van der Waals surface area (Å²) in [5.41, 5.74) is -0.669. The number of hydrogen-bond donors (Lipinski definition) is 1. The van der Waals surface area contributed by atoms with Gasteiger partial charge in [-0.25, -0.2) is 0 Å². The molecule has 0 aliphatic rings. The molecule has 1 N–H and O–H groups in total. The number of hydrogen-bond acceptors (Lipinski definition) is 2. The van der Waals surface area contributed by atoms with Gasteiger partial charge in [-0.3, -0.25) is 0 Å². The van der Waals surface area contributed by atoms with Crippen molar-refractivity contribution in [2.75, 3.05) is 0 Å². The van der Waals surface area contributed by atoms with E-state index in [-0.39, 0.29) is 56.3 Å². The van der Waals surface area contributed by atoms with Gasteiger partial charge in [0.25, 0.3) is 0 Å². The van der Waals surface area contributed by atoms with E-state index in [1.165, 1.54) is 5.38 Å². The Balaban J connectivity index is 0.00000121. The smallest absolute Gasteiger partial charge is 0.445 e. The summed E-state index contributed by atoms with van der Waals surface area (Å²) in [4.78, 5) is -0.00231. The first kappa shape index (κ1) is 13.2. The quantitative estimate of drug-likeness (QED) is 0.589. The average Bonchev–Trinajstić information content (AvgIpc) is 2.31. The minimum Gasteiger partial charge on any atom is -0.445 e. The second-order valence-corrected chi connectivity index (χ2v) is 3.03. The molecule has 0 aromatic carbocycles. The summed E-state index contributed by atoms with van der Waals surface area (Å²) in [7, 11) is 0. The van der Waals surface area contributed by atoms with E-state index >= 15 is 0 Å². The zero-order valence-corrected chi connectivity index (χ0v) is 10.4. The summed E-state index contributed by atoms with van der Waals surface area (Å²) in [5, 5.41) is 9.82. The molecular weight excluding hydrogens is 215 g/mol. The predicted octanol–water partition coefficient (Wildman–Crippen LogP) is -1.70. The molecular formula is C5H5BF3KOS. The third-order valence-corrected chi connectivity index (χ3v) is 2.20. The molecule has 0 radical (unpaired) electrons. The molecule has 0 spiro atoms. The van der Waals surface area contributed by atoms with Crippen molar-refractivity contribution in [3.63, 3.8) is 0 Å². The molecule has 0 amide bonds. The van der Waals surface area contributed by atoms with E-state index in [9.17, 15) is 12.9 Å². The largest absolute Gasteiger partial charge is 1.00 e. The van der Waals surface area contributed by atoms with Crippen molar-refractivity contribution < 1.29 is 69.4 Å². The fourth-order valence-corrected chi connectivity index (χ4v) is 1.56. The van der Waals surface area contributed by atoms with Gasteiger partial charge in [0.2, 0.25) is 0 Å². The van der Waals surface area contributed by atoms with Gasteiger partial charge in [-0.1, -0.05) is 11.5 Å². The molecule has 1 rings (SSSR count). The summed E-state index contributed by atoms with van der Waals surface area (Å²) in [6.07, 6.45) is 0. The Labute approximate surface area is 114 Å². The molecule has 12 heavy (non-hydrogen) atoms. The van der Waals surface area contributed by atoms with Crippen LogP contribution in [-0.4, -0.2) is 12.1 Å². The van der Waals surface area contributed by atoms with Crippen LogP contribution < -0.4 is 56.8 Å². The predicted molar refractivity (Wildman–Crippen MR) is 39.0 cm³/mol. The molecule has 0 aliphatic carbocycles. The van der Waals surface area contributed by atoms with E-state index < -0.39 is 19.0 Å². The molecule has 0 fully saturated rings. The molecule has 0 saturated carbocycles. The fourth-order valence-electron chi connectivity index (χ4n) is 0.771. The summed E-state index contributed by atoms with van der Waals surface area (Å²) in [6.45, 7) is -5.48. The van der Waals surface area contributed by atoms with Crippen molar-refractivity contribution in [1.29, 1.82) is 0 Å². The number of halogens is 3. The summed E-state index contributed by atoms with van der Waals surface area (Å²) in [5.74, 6) is 0. The van der Waals surface area contributed by atoms with Crippen molar-refractivity contribution in [3.8, 4) is 0 Å². The maximum atomic E-state index is 12.0. The van der Waals surface area contributed by atoms with Crippen molar-refractivity contribution in [3.05, 3.63) is 16.3 Å². The fraction of sp³-hybridized carbons (Fsp3) is 0.200. The number of aliphatic hydroxyl groups excluding tert-OH is 1. The molecule has 0 atom stereocenters. The molecule has 0 aliphatic heterocycles. The summed E-state index contributed by atoms with van der Waals surface area (Å²) < 4.78 is 36.1.